The van der Waals surface area contributed by atoms with Crippen molar-refractivity contribution in [3.63, 3.8) is 0 Å². The van der Waals surface area contributed by atoms with Crippen LogP contribution in [0.1, 0.15) is 22.2 Å². The number of carbonyl (C=O) groups excluding carboxylic acids is 1. The molecule has 1 aromatic heterocycles. The molecule has 2 aliphatic heterocycles. The molecule has 5 nitrogen and oxygen atoms in total. The molecule has 0 spiro atoms. The van der Waals surface area contributed by atoms with E-state index in [1.54, 1.807) is 16.3 Å². The average Bonchev–Trinajstić information content (AvgIpc) is 3.18. The molecule has 0 fully saturated rings. The van der Waals surface area contributed by atoms with Gasteiger partial charge in [-0.15, -0.1) is 16.4 Å². The second-order valence-corrected chi connectivity index (χ2v) is 8.73. The van der Waals surface area contributed by atoms with Crippen LogP contribution < -0.4 is 15.9 Å². The number of thiophene rings is 1. The average molecular weight is 419 g/mol. The van der Waals surface area contributed by atoms with Gasteiger partial charge in [0, 0.05) is 11.0 Å². The number of nitrogens with one attached hydrogen (secondary N) is 1. The van der Waals surface area contributed by atoms with E-state index in [-0.39, 0.29) is 12.1 Å². The number of aryl methyl sites for hydroxylation is 1. The summed E-state index contributed by atoms with van der Waals surface area (Å²) in [6.45, 7) is 2.07. The largest absolute Gasteiger partial charge is 0.298 e. The van der Waals surface area contributed by atoms with Crippen molar-refractivity contribution in [3.05, 3.63) is 92.6 Å². The first-order chi connectivity index (χ1) is 14.2. The second-order valence-electron chi connectivity index (χ2n) is 6.81. The van der Waals surface area contributed by atoms with Crippen molar-refractivity contribution < 1.29 is 4.79 Å². The molecule has 1 amide bonds. The summed E-state index contributed by atoms with van der Waals surface area (Å²) in [5.41, 5.74) is 2.89. The lowest BCUT2D eigenvalue weighted by atomic mass is 10.1. The summed E-state index contributed by atoms with van der Waals surface area (Å²) in [6.07, 6.45) is -0.335. The van der Waals surface area contributed by atoms with E-state index in [0.29, 0.717) is 10.9 Å². The van der Waals surface area contributed by atoms with E-state index in [1.165, 1.54) is 17.3 Å². The molecule has 7 heteroatoms. The molecule has 3 aromatic rings. The van der Waals surface area contributed by atoms with E-state index >= 15 is 0 Å². The Morgan fingerprint density at radius 1 is 1.10 bits per heavy atom. The number of hydrogen-bond acceptors (Lipinski definition) is 6. The standard InChI is InChI=1S/C22H18N4OS2/c1-14-11-12-28-19(14)20-23-17-10-6-5-9-16(17)18-21(27)24-22(25-26(18)20)29-13-15-7-3-2-4-8-15/h2-12,20H,13H2,1H3,(H,24,25,27)/t20-/m0/s1. The van der Waals surface area contributed by atoms with Crippen LogP contribution in [-0.4, -0.2) is 16.1 Å². The molecule has 0 radical (unpaired) electrons. The van der Waals surface area contributed by atoms with E-state index in [2.05, 4.69) is 35.8 Å². The molecule has 1 N–H and O–H groups in total. The summed E-state index contributed by atoms with van der Waals surface area (Å²) >= 11 is 3.16. The van der Waals surface area contributed by atoms with Gasteiger partial charge in [-0.25, -0.2) is 5.01 Å². The lowest BCUT2D eigenvalue weighted by Crippen LogP contribution is -2.50. The van der Waals surface area contributed by atoms with Gasteiger partial charge in [-0.05, 0) is 35.6 Å². The van der Waals surface area contributed by atoms with E-state index in [4.69, 9.17) is 10.1 Å². The summed E-state index contributed by atoms with van der Waals surface area (Å²) in [7, 11) is 0. The van der Waals surface area contributed by atoms with Crippen LogP contribution in [0.2, 0.25) is 0 Å². The monoisotopic (exact) mass is 418 g/mol. The van der Waals surface area contributed by atoms with Crippen LogP contribution in [-0.2, 0) is 10.5 Å². The highest BCUT2D eigenvalue weighted by atomic mass is 32.2. The Balaban J connectivity index is 1.58. The van der Waals surface area contributed by atoms with Crippen LogP contribution in [0.5, 0.6) is 0 Å². The minimum atomic E-state index is -0.335. The van der Waals surface area contributed by atoms with Crippen LogP contribution in [0.3, 0.4) is 0 Å². The van der Waals surface area contributed by atoms with E-state index in [9.17, 15) is 4.79 Å². The van der Waals surface area contributed by atoms with Crippen LogP contribution >= 0.6 is 23.1 Å². The van der Waals surface area contributed by atoms with Crippen molar-refractivity contribution >= 4 is 39.9 Å². The number of hydrogen-bond donors (Lipinski definition) is 1. The summed E-state index contributed by atoms with van der Waals surface area (Å²) < 4.78 is 0. The zero-order valence-electron chi connectivity index (χ0n) is 15.7. The number of para-hydroxylation sites is 1. The summed E-state index contributed by atoms with van der Waals surface area (Å²) in [5.74, 6) is 0.594. The molecule has 5 rings (SSSR count). The first-order valence-electron chi connectivity index (χ1n) is 9.28. The van der Waals surface area contributed by atoms with Crippen molar-refractivity contribution in [3.8, 4) is 0 Å². The Bertz CT molecular complexity index is 1230. The SMILES string of the molecule is Cc1ccsc1[C@H]1N=c2ccccc2=C2C(=O)NC(SCc3ccccc3)=NN21. The van der Waals surface area contributed by atoms with Crippen molar-refractivity contribution in [2.45, 2.75) is 18.8 Å². The van der Waals surface area contributed by atoms with Crippen molar-refractivity contribution in [1.82, 2.24) is 10.3 Å². The molecule has 0 bridgehead atoms. The highest BCUT2D eigenvalue weighted by Gasteiger charge is 2.35. The minimum absolute atomic E-state index is 0.142. The fourth-order valence-corrected chi connectivity index (χ4v) is 5.19. The maximum atomic E-state index is 13.1. The maximum Gasteiger partial charge on any atom is 0.276 e. The predicted molar refractivity (Wildman–Crippen MR) is 118 cm³/mol. The van der Waals surface area contributed by atoms with Crippen LogP contribution in [0.25, 0.3) is 5.70 Å². The van der Waals surface area contributed by atoms with Gasteiger partial charge in [-0.2, -0.15) is 0 Å². The van der Waals surface area contributed by atoms with Gasteiger partial charge in [0.2, 0.25) is 0 Å². The van der Waals surface area contributed by atoms with Crippen LogP contribution in [0.4, 0.5) is 0 Å². The van der Waals surface area contributed by atoms with Gasteiger partial charge in [0.15, 0.2) is 11.3 Å². The van der Waals surface area contributed by atoms with Gasteiger partial charge in [0.25, 0.3) is 5.91 Å². The predicted octanol–water partition coefficient (Wildman–Crippen LogP) is 3.13. The molecule has 0 aliphatic carbocycles. The fourth-order valence-electron chi connectivity index (χ4n) is 3.44. The number of benzene rings is 2. The summed E-state index contributed by atoms with van der Waals surface area (Å²) in [4.78, 5) is 19.1. The van der Waals surface area contributed by atoms with Gasteiger partial charge in [0.05, 0.1) is 10.2 Å². The Morgan fingerprint density at radius 2 is 1.90 bits per heavy atom. The number of thioether (sulfide) groups is 1. The second kappa shape index (κ2) is 7.50. The molecule has 144 valence electrons. The highest BCUT2D eigenvalue weighted by molar-refractivity contribution is 8.13. The normalized spacial score (nSPS) is 17.8. The molecule has 0 unspecified atom stereocenters. The first kappa shape index (κ1) is 18.1. The van der Waals surface area contributed by atoms with Crippen molar-refractivity contribution in [1.29, 1.82) is 0 Å². The third-order valence-corrected chi connectivity index (χ3v) is 6.86. The van der Waals surface area contributed by atoms with Gasteiger partial charge < -0.3 is 0 Å². The third kappa shape index (κ3) is 3.36. The van der Waals surface area contributed by atoms with Gasteiger partial charge in [0.1, 0.15) is 5.70 Å². The maximum absolute atomic E-state index is 13.1. The lowest BCUT2D eigenvalue weighted by Gasteiger charge is -2.33. The quantitative estimate of drug-likeness (QED) is 0.711. The highest BCUT2D eigenvalue weighted by Crippen LogP contribution is 2.35. The van der Waals surface area contributed by atoms with E-state index < -0.39 is 0 Å². The van der Waals surface area contributed by atoms with Gasteiger partial charge >= 0.3 is 0 Å². The number of hydrazone groups is 1. The van der Waals surface area contributed by atoms with E-state index in [0.717, 1.165) is 26.8 Å². The molecular weight excluding hydrogens is 400 g/mol. The summed E-state index contributed by atoms with van der Waals surface area (Å²) in [6, 6.07) is 20.0. The number of fused-ring (bicyclic) bond motifs is 2. The number of amides is 1. The number of amidine groups is 1. The zero-order valence-corrected chi connectivity index (χ0v) is 17.3. The Morgan fingerprint density at radius 3 is 2.69 bits per heavy atom. The molecule has 2 aliphatic rings. The van der Waals surface area contributed by atoms with Crippen molar-refractivity contribution in [2.24, 2.45) is 10.1 Å². The lowest BCUT2D eigenvalue weighted by molar-refractivity contribution is -0.116. The molecule has 2 aromatic carbocycles. The molecule has 1 atom stereocenters. The van der Waals surface area contributed by atoms with E-state index in [1.807, 2.05) is 42.5 Å². The van der Waals surface area contributed by atoms with Crippen molar-refractivity contribution in [2.75, 3.05) is 0 Å². The van der Waals surface area contributed by atoms with Gasteiger partial charge in [-0.1, -0.05) is 60.3 Å². The minimum Gasteiger partial charge on any atom is -0.298 e. The Hall–Kier alpha value is -2.90. The molecule has 0 saturated carbocycles. The molecule has 3 heterocycles. The smallest absolute Gasteiger partial charge is 0.276 e. The van der Waals surface area contributed by atoms with Crippen LogP contribution in [0, 0.1) is 6.92 Å². The van der Waals surface area contributed by atoms with Crippen LogP contribution in [0.15, 0.2) is 76.1 Å². The Kier molecular flexibility index (Phi) is 4.69. The fraction of sp³-hybridized carbons (Fsp3) is 0.136. The van der Waals surface area contributed by atoms with Gasteiger partial charge in [-0.3, -0.25) is 15.1 Å². The molecule has 0 saturated heterocycles. The Labute approximate surface area is 176 Å². The topological polar surface area (TPSA) is 57.1 Å². The summed E-state index contributed by atoms with van der Waals surface area (Å²) in [5, 5.41) is 13.8. The number of carbonyl (C=O) groups is 1. The third-order valence-electron chi connectivity index (χ3n) is 4.87. The molecular formula is C22H18N4OS2. The number of nitrogens with zero attached hydrogens (tertiary/aromatic N) is 3. The zero-order chi connectivity index (χ0) is 19.8. The first-order valence-corrected chi connectivity index (χ1v) is 11.1. The molecule has 29 heavy (non-hydrogen) atoms. The number of rotatable bonds is 3.